The molecule has 1 aromatic carbocycles. The van der Waals surface area contributed by atoms with Gasteiger partial charge in [0.15, 0.2) is 5.58 Å². The average Bonchev–Trinajstić information content (AvgIpc) is 3.03. The molecule has 1 N–H and O–H groups in total. The number of nitrogens with one attached hydrogen (secondary N) is 1. The average molecular weight is 366 g/mol. The van der Waals surface area contributed by atoms with Crippen LogP contribution in [-0.2, 0) is 24.2 Å². The number of furan rings is 1. The van der Waals surface area contributed by atoms with E-state index < -0.39 is 0 Å². The molecule has 0 saturated heterocycles. The minimum atomic E-state index is -0.317. The van der Waals surface area contributed by atoms with Crippen LogP contribution < -0.4 is 15.8 Å². The summed E-state index contributed by atoms with van der Waals surface area (Å²) in [6.45, 7) is -0.149. The summed E-state index contributed by atoms with van der Waals surface area (Å²) >= 11 is 0. The Morgan fingerprint density at radius 1 is 1.30 bits per heavy atom. The Labute approximate surface area is 156 Å². The van der Waals surface area contributed by atoms with Gasteiger partial charge in [-0.3, -0.25) is 9.59 Å². The molecule has 0 radical (unpaired) electrons. The first kappa shape index (κ1) is 17.3. The molecule has 3 aromatic rings. The minimum absolute atomic E-state index is 0.149. The fourth-order valence-electron chi connectivity index (χ4n) is 3.49. The second kappa shape index (κ2) is 6.90. The quantitative estimate of drug-likeness (QED) is 0.768. The number of rotatable bonds is 4. The van der Waals surface area contributed by atoms with E-state index in [0.717, 1.165) is 41.5 Å². The summed E-state index contributed by atoms with van der Waals surface area (Å²) < 4.78 is 7.18. The topological polar surface area (TPSA) is 80.4 Å². The van der Waals surface area contributed by atoms with Crippen molar-refractivity contribution < 1.29 is 9.21 Å². The van der Waals surface area contributed by atoms with Crippen LogP contribution in [0.3, 0.4) is 0 Å². The van der Waals surface area contributed by atoms with E-state index in [2.05, 4.69) is 10.4 Å². The fourth-order valence-corrected chi connectivity index (χ4v) is 3.49. The second-order valence-corrected chi connectivity index (χ2v) is 7.05. The highest BCUT2D eigenvalue weighted by Gasteiger charge is 2.20. The van der Waals surface area contributed by atoms with Gasteiger partial charge in [0, 0.05) is 37.5 Å². The van der Waals surface area contributed by atoms with Crippen LogP contribution in [0.25, 0.3) is 11.0 Å². The van der Waals surface area contributed by atoms with Crippen molar-refractivity contribution in [3.8, 4) is 0 Å². The number of hydrogen-bond acceptors (Lipinski definition) is 5. The molecule has 0 saturated carbocycles. The van der Waals surface area contributed by atoms with E-state index in [1.54, 1.807) is 11.1 Å². The molecule has 1 aliphatic carbocycles. The Morgan fingerprint density at radius 3 is 2.89 bits per heavy atom. The molecule has 0 fully saturated rings. The van der Waals surface area contributed by atoms with Crippen molar-refractivity contribution in [2.75, 3.05) is 24.3 Å². The minimum Gasteiger partial charge on any atom is -0.459 e. The summed E-state index contributed by atoms with van der Waals surface area (Å²) in [5.74, 6) is 0.708. The molecular weight excluding hydrogens is 344 g/mol. The van der Waals surface area contributed by atoms with Crippen molar-refractivity contribution in [1.29, 1.82) is 0 Å². The van der Waals surface area contributed by atoms with E-state index in [4.69, 9.17) is 4.42 Å². The van der Waals surface area contributed by atoms with Crippen LogP contribution in [0.4, 0.5) is 11.4 Å². The van der Waals surface area contributed by atoms with E-state index in [9.17, 15) is 9.59 Å². The third-order valence-corrected chi connectivity index (χ3v) is 4.92. The maximum atomic E-state index is 12.5. The lowest BCUT2D eigenvalue weighted by Crippen LogP contribution is -2.30. The van der Waals surface area contributed by atoms with Crippen LogP contribution in [0.1, 0.15) is 24.2 Å². The molecule has 0 unspecified atom stereocenters. The number of para-hydroxylation sites is 1. The van der Waals surface area contributed by atoms with Crippen molar-refractivity contribution in [2.45, 2.75) is 32.2 Å². The Hall–Kier alpha value is -3.09. The summed E-state index contributed by atoms with van der Waals surface area (Å²) in [6, 6.07) is 7.23. The van der Waals surface area contributed by atoms with Crippen LogP contribution in [0.5, 0.6) is 0 Å². The number of anilines is 2. The number of aryl methyl sites for hydroxylation is 2. The van der Waals surface area contributed by atoms with E-state index in [1.165, 1.54) is 11.6 Å². The molecular formula is C20H22N4O3. The molecule has 7 heteroatoms. The van der Waals surface area contributed by atoms with Gasteiger partial charge in [-0.2, -0.15) is 5.10 Å². The molecule has 2 heterocycles. The highest BCUT2D eigenvalue weighted by molar-refractivity contribution is 6.00. The third-order valence-electron chi connectivity index (χ3n) is 4.92. The van der Waals surface area contributed by atoms with Gasteiger partial charge in [-0.15, -0.1) is 0 Å². The van der Waals surface area contributed by atoms with Crippen molar-refractivity contribution >= 4 is 28.3 Å². The second-order valence-electron chi connectivity index (χ2n) is 7.05. The van der Waals surface area contributed by atoms with Gasteiger partial charge in [0.05, 0.1) is 17.6 Å². The van der Waals surface area contributed by atoms with E-state index in [-0.39, 0.29) is 18.0 Å². The summed E-state index contributed by atoms with van der Waals surface area (Å²) in [6.07, 6.45) is 5.81. The fraction of sp³-hybridized carbons (Fsp3) is 0.350. The molecule has 27 heavy (non-hydrogen) atoms. The molecule has 0 aliphatic heterocycles. The van der Waals surface area contributed by atoms with Crippen LogP contribution in [0.2, 0.25) is 0 Å². The molecule has 2 aromatic heterocycles. The summed E-state index contributed by atoms with van der Waals surface area (Å²) in [5.41, 5.74) is 2.97. The van der Waals surface area contributed by atoms with Gasteiger partial charge in [0.2, 0.25) is 5.91 Å². The van der Waals surface area contributed by atoms with Crippen molar-refractivity contribution in [2.24, 2.45) is 0 Å². The van der Waals surface area contributed by atoms with Gasteiger partial charge >= 0.3 is 0 Å². The standard InChI is InChI=1S/C20H22N4O3/c1-23(2)13-10-19(26)24(21-11-13)12-18(25)22-16-8-5-7-15-14-6-3-4-9-17(14)27-20(15)16/h5,7-8,10-11H,3-4,6,9,12H2,1-2H3,(H,22,25). The molecule has 0 bridgehead atoms. The SMILES string of the molecule is CN(C)c1cnn(CC(=O)Nc2cccc3c4c(oc23)CCCC4)c(=O)c1. The molecule has 140 valence electrons. The Kier molecular flexibility index (Phi) is 4.43. The van der Waals surface area contributed by atoms with Crippen LogP contribution in [0.15, 0.2) is 39.7 Å². The lowest BCUT2D eigenvalue weighted by atomic mass is 9.96. The largest absolute Gasteiger partial charge is 0.459 e. The Bertz CT molecular complexity index is 1060. The van der Waals surface area contributed by atoms with Gasteiger partial charge in [-0.1, -0.05) is 12.1 Å². The first-order chi connectivity index (χ1) is 13.0. The molecule has 4 rings (SSSR count). The van der Waals surface area contributed by atoms with Crippen LogP contribution in [0, 0.1) is 0 Å². The zero-order valence-corrected chi connectivity index (χ0v) is 15.5. The Balaban J connectivity index is 1.57. The first-order valence-electron chi connectivity index (χ1n) is 9.10. The third kappa shape index (κ3) is 3.32. The number of carbonyl (C=O) groups excluding carboxylic acids is 1. The van der Waals surface area contributed by atoms with Gasteiger partial charge in [0.1, 0.15) is 12.3 Å². The smallest absolute Gasteiger partial charge is 0.269 e. The summed E-state index contributed by atoms with van der Waals surface area (Å²) in [5, 5.41) is 8.00. The highest BCUT2D eigenvalue weighted by Crippen LogP contribution is 2.35. The van der Waals surface area contributed by atoms with Crippen molar-refractivity contribution in [1.82, 2.24) is 9.78 Å². The zero-order valence-electron chi connectivity index (χ0n) is 15.5. The van der Waals surface area contributed by atoms with Crippen molar-refractivity contribution in [3.63, 3.8) is 0 Å². The number of aromatic nitrogens is 2. The number of benzene rings is 1. The maximum absolute atomic E-state index is 12.5. The van der Waals surface area contributed by atoms with Gasteiger partial charge in [0.25, 0.3) is 5.56 Å². The molecule has 1 amide bonds. The van der Waals surface area contributed by atoms with Gasteiger partial charge in [-0.05, 0) is 25.3 Å². The lowest BCUT2D eigenvalue weighted by molar-refractivity contribution is -0.117. The molecule has 0 atom stereocenters. The maximum Gasteiger partial charge on any atom is 0.269 e. The van der Waals surface area contributed by atoms with E-state index >= 15 is 0 Å². The monoisotopic (exact) mass is 366 g/mol. The first-order valence-corrected chi connectivity index (χ1v) is 9.10. The molecule has 0 spiro atoms. The molecule has 1 aliphatic rings. The number of nitrogens with zero attached hydrogens (tertiary/aromatic N) is 3. The highest BCUT2D eigenvalue weighted by atomic mass is 16.3. The van der Waals surface area contributed by atoms with Crippen LogP contribution in [-0.4, -0.2) is 29.8 Å². The number of carbonyl (C=O) groups is 1. The summed E-state index contributed by atoms with van der Waals surface area (Å²) in [4.78, 5) is 26.4. The van der Waals surface area contributed by atoms with Crippen molar-refractivity contribution in [3.05, 3.63) is 52.1 Å². The molecule has 7 nitrogen and oxygen atoms in total. The van der Waals surface area contributed by atoms with Crippen LogP contribution >= 0.6 is 0 Å². The number of fused-ring (bicyclic) bond motifs is 3. The number of hydrogen-bond donors (Lipinski definition) is 1. The van der Waals surface area contributed by atoms with Gasteiger partial charge in [-0.25, -0.2) is 4.68 Å². The Morgan fingerprint density at radius 2 is 2.11 bits per heavy atom. The van der Waals surface area contributed by atoms with Gasteiger partial charge < -0.3 is 14.6 Å². The normalized spacial score (nSPS) is 13.4. The van der Waals surface area contributed by atoms with E-state index in [0.29, 0.717) is 17.0 Å². The van der Waals surface area contributed by atoms with E-state index in [1.807, 2.05) is 32.3 Å². The lowest BCUT2D eigenvalue weighted by Gasteiger charge is -2.12. The zero-order chi connectivity index (χ0) is 19.0. The predicted octanol–water partition coefficient (Wildman–Crippen LogP) is 2.57. The predicted molar refractivity (Wildman–Crippen MR) is 104 cm³/mol. The summed E-state index contributed by atoms with van der Waals surface area (Å²) in [7, 11) is 3.66. The number of amides is 1.